The maximum absolute atomic E-state index is 11.2. The SMILES string of the molecule is CNC(=O)C(C)=C(C)C1CCC1. The van der Waals surface area contributed by atoms with E-state index in [0.717, 1.165) is 5.57 Å². The number of rotatable bonds is 2. The predicted molar refractivity (Wildman–Crippen MR) is 49.8 cm³/mol. The Kier molecular flexibility index (Phi) is 2.90. The number of hydrogen-bond donors (Lipinski definition) is 1. The molecule has 0 spiro atoms. The molecule has 1 amide bonds. The summed E-state index contributed by atoms with van der Waals surface area (Å²) < 4.78 is 0. The molecule has 0 unspecified atom stereocenters. The van der Waals surface area contributed by atoms with Gasteiger partial charge in [0.05, 0.1) is 0 Å². The Morgan fingerprint density at radius 3 is 2.25 bits per heavy atom. The lowest BCUT2D eigenvalue weighted by Crippen LogP contribution is -2.22. The summed E-state index contributed by atoms with van der Waals surface area (Å²) in [5.74, 6) is 0.752. The van der Waals surface area contributed by atoms with Crippen molar-refractivity contribution >= 4 is 5.91 Å². The largest absolute Gasteiger partial charge is 0.355 e. The van der Waals surface area contributed by atoms with Gasteiger partial charge in [0.1, 0.15) is 0 Å². The fraction of sp³-hybridized carbons (Fsp3) is 0.700. The predicted octanol–water partition coefficient (Wildman–Crippen LogP) is 1.87. The van der Waals surface area contributed by atoms with Crippen LogP contribution in [-0.2, 0) is 4.79 Å². The first kappa shape index (κ1) is 9.30. The van der Waals surface area contributed by atoms with Gasteiger partial charge >= 0.3 is 0 Å². The standard InChI is InChI=1S/C10H17NO/c1-7(9-5-4-6-9)8(2)10(12)11-3/h9H,4-6H2,1-3H3,(H,11,12). The maximum Gasteiger partial charge on any atom is 0.246 e. The van der Waals surface area contributed by atoms with Gasteiger partial charge in [0.2, 0.25) is 5.91 Å². The second kappa shape index (κ2) is 3.74. The average Bonchev–Trinajstić information content (AvgIpc) is 1.98. The van der Waals surface area contributed by atoms with E-state index in [1.165, 1.54) is 24.8 Å². The van der Waals surface area contributed by atoms with Gasteiger partial charge in [-0.2, -0.15) is 0 Å². The molecule has 1 rings (SSSR count). The van der Waals surface area contributed by atoms with Gasteiger partial charge in [-0.3, -0.25) is 4.79 Å². The van der Waals surface area contributed by atoms with Crippen molar-refractivity contribution in [3.05, 3.63) is 11.1 Å². The van der Waals surface area contributed by atoms with Crippen molar-refractivity contribution in [3.8, 4) is 0 Å². The minimum Gasteiger partial charge on any atom is -0.355 e. The van der Waals surface area contributed by atoms with Gasteiger partial charge in [-0.15, -0.1) is 0 Å². The molecule has 68 valence electrons. The number of carbonyl (C=O) groups is 1. The smallest absolute Gasteiger partial charge is 0.246 e. The quantitative estimate of drug-likeness (QED) is 0.625. The number of carbonyl (C=O) groups excluding carboxylic acids is 1. The van der Waals surface area contributed by atoms with Crippen LogP contribution in [0.25, 0.3) is 0 Å². The zero-order chi connectivity index (χ0) is 9.14. The van der Waals surface area contributed by atoms with Crippen molar-refractivity contribution in [1.82, 2.24) is 5.32 Å². The molecule has 1 fully saturated rings. The molecule has 0 saturated heterocycles. The molecule has 1 N–H and O–H groups in total. The highest BCUT2D eigenvalue weighted by atomic mass is 16.1. The number of allylic oxidation sites excluding steroid dienone is 1. The third kappa shape index (κ3) is 1.68. The van der Waals surface area contributed by atoms with Gasteiger partial charge in [0, 0.05) is 12.6 Å². The first-order chi connectivity index (χ1) is 5.66. The first-order valence-corrected chi connectivity index (χ1v) is 4.56. The van der Waals surface area contributed by atoms with Crippen LogP contribution in [0.3, 0.4) is 0 Å². The lowest BCUT2D eigenvalue weighted by atomic mass is 9.78. The third-order valence-electron chi connectivity index (χ3n) is 2.88. The van der Waals surface area contributed by atoms with Crippen LogP contribution in [-0.4, -0.2) is 13.0 Å². The van der Waals surface area contributed by atoms with Gasteiger partial charge in [0.15, 0.2) is 0 Å². The summed E-state index contributed by atoms with van der Waals surface area (Å²) in [6.45, 7) is 3.99. The molecule has 0 heterocycles. The third-order valence-corrected chi connectivity index (χ3v) is 2.88. The summed E-state index contributed by atoms with van der Waals surface area (Å²) in [5, 5.41) is 2.65. The lowest BCUT2D eigenvalue weighted by Gasteiger charge is -2.27. The summed E-state index contributed by atoms with van der Waals surface area (Å²) in [7, 11) is 1.68. The van der Waals surface area contributed by atoms with E-state index in [2.05, 4.69) is 12.2 Å². The Hall–Kier alpha value is -0.790. The van der Waals surface area contributed by atoms with Gasteiger partial charge < -0.3 is 5.32 Å². The Morgan fingerprint density at radius 2 is 1.92 bits per heavy atom. The van der Waals surface area contributed by atoms with Crippen LogP contribution in [0.1, 0.15) is 33.1 Å². The second-order valence-electron chi connectivity index (χ2n) is 3.51. The first-order valence-electron chi connectivity index (χ1n) is 4.56. The molecule has 0 bridgehead atoms. The van der Waals surface area contributed by atoms with Gasteiger partial charge in [0.25, 0.3) is 0 Å². The van der Waals surface area contributed by atoms with Crippen LogP contribution in [0.4, 0.5) is 0 Å². The fourth-order valence-electron chi connectivity index (χ4n) is 1.51. The summed E-state index contributed by atoms with van der Waals surface area (Å²) in [5.41, 5.74) is 2.18. The molecule has 1 aliphatic carbocycles. The molecule has 2 nitrogen and oxygen atoms in total. The van der Waals surface area contributed by atoms with E-state index in [9.17, 15) is 4.79 Å². The normalized spacial score (nSPS) is 19.6. The van der Waals surface area contributed by atoms with Crippen LogP contribution >= 0.6 is 0 Å². The minimum absolute atomic E-state index is 0.0689. The van der Waals surface area contributed by atoms with Crippen molar-refractivity contribution in [2.45, 2.75) is 33.1 Å². The van der Waals surface area contributed by atoms with Crippen LogP contribution in [0.15, 0.2) is 11.1 Å². The van der Waals surface area contributed by atoms with Crippen molar-refractivity contribution in [3.63, 3.8) is 0 Å². The van der Waals surface area contributed by atoms with E-state index in [1.54, 1.807) is 7.05 Å². The molecular formula is C10H17NO. The van der Waals surface area contributed by atoms with Crippen molar-refractivity contribution in [2.24, 2.45) is 5.92 Å². The van der Waals surface area contributed by atoms with Crippen LogP contribution < -0.4 is 5.32 Å². The molecule has 2 heteroatoms. The number of nitrogens with one attached hydrogen (secondary N) is 1. The molecular weight excluding hydrogens is 150 g/mol. The zero-order valence-corrected chi connectivity index (χ0v) is 8.11. The molecule has 0 aromatic heterocycles. The van der Waals surface area contributed by atoms with Crippen molar-refractivity contribution in [2.75, 3.05) is 7.05 Å². The average molecular weight is 167 g/mol. The number of hydrogen-bond acceptors (Lipinski definition) is 1. The fourth-order valence-corrected chi connectivity index (χ4v) is 1.51. The summed E-state index contributed by atoms with van der Waals surface area (Å²) in [6.07, 6.45) is 3.85. The molecule has 12 heavy (non-hydrogen) atoms. The Labute approximate surface area is 74.0 Å². The monoisotopic (exact) mass is 167 g/mol. The molecule has 0 aromatic carbocycles. The highest BCUT2D eigenvalue weighted by Gasteiger charge is 2.21. The summed E-state index contributed by atoms with van der Waals surface area (Å²) in [6, 6.07) is 0. The lowest BCUT2D eigenvalue weighted by molar-refractivity contribution is -0.117. The van der Waals surface area contributed by atoms with Crippen molar-refractivity contribution in [1.29, 1.82) is 0 Å². The number of likely N-dealkylation sites (N-methyl/N-ethyl adjacent to an activating group) is 1. The highest BCUT2D eigenvalue weighted by molar-refractivity contribution is 5.93. The van der Waals surface area contributed by atoms with E-state index in [1.807, 2.05) is 6.92 Å². The Morgan fingerprint density at radius 1 is 1.33 bits per heavy atom. The van der Waals surface area contributed by atoms with Gasteiger partial charge in [-0.1, -0.05) is 12.0 Å². The zero-order valence-electron chi connectivity index (χ0n) is 8.11. The second-order valence-corrected chi connectivity index (χ2v) is 3.51. The van der Waals surface area contributed by atoms with E-state index in [0.29, 0.717) is 5.92 Å². The van der Waals surface area contributed by atoms with Crippen LogP contribution in [0.2, 0.25) is 0 Å². The summed E-state index contributed by atoms with van der Waals surface area (Å²) >= 11 is 0. The molecule has 0 radical (unpaired) electrons. The van der Waals surface area contributed by atoms with Gasteiger partial charge in [-0.25, -0.2) is 0 Å². The Balaban J connectivity index is 2.66. The highest BCUT2D eigenvalue weighted by Crippen LogP contribution is 2.34. The topological polar surface area (TPSA) is 29.1 Å². The van der Waals surface area contributed by atoms with E-state index in [-0.39, 0.29) is 5.91 Å². The maximum atomic E-state index is 11.2. The molecule has 0 atom stereocenters. The molecule has 1 saturated carbocycles. The van der Waals surface area contributed by atoms with E-state index >= 15 is 0 Å². The Bertz CT molecular complexity index is 214. The van der Waals surface area contributed by atoms with Crippen molar-refractivity contribution < 1.29 is 4.79 Å². The molecule has 0 aliphatic heterocycles. The minimum atomic E-state index is 0.0689. The summed E-state index contributed by atoms with van der Waals surface area (Å²) in [4.78, 5) is 11.2. The molecule has 0 aromatic rings. The van der Waals surface area contributed by atoms with Crippen LogP contribution in [0, 0.1) is 5.92 Å². The molecule has 1 aliphatic rings. The van der Waals surface area contributed by atoms with E-state index < -0.39 is 0 Å². The van der Waals surface area contributed by atoms with E-state index in [4.69, 9.17) is 0 Å². The van der Waals surface area contributed by atoms with Gasteiger partial charge in [-0.05, 0) is 32.6 Å². The number of amides is 1. The van der Waals surface area contributed by atoms with Crippen LogP contribution in [0.5, 0.6) is 0 Å².